The maximum Gasteiger partial charge on any atom is 0.322 e. The van der Waals surface area contributed by atoms with Crippen molar-refractivity contribution in [1.82, 2.24) is 20.8 Å². The highest BCUT2D eigenvalue weighted by Gasteiger charge is 2.23. The number of carbonyl (C=O) groups excluding carboxylic acids is 2. The Labute approximate surface area is 144 Å². The van der Waals surface area contributed by atoms with Crippen LogP contribution in [0.4, 0.5) is 10.5 Å². The van der Waals surface area contributed by atoms with Gasteiger partial charge in [-0.05, 0) is 31.5 Å². The standard InChI is InChI=1S/C16H19N5O2S/c1-10-3-4-12(9-13(10)21-8-7-18-16(21)23)15(22)17-6-5-14-20-19-11(2)24-14/h3-4,9H,5-8H2,1-2H3,(H,17,22)(H,18,23). The van der Waals surface area contributed by atoms with Gasteiger partial charge >= 0.3 is 6.03 Å². The highest BCUT2D eigenvalue weighted by molar-refractivity contribution is 7.11. The second kappa shape index (κ2) is 6.96. The van der Waals surface area contributed by atoms with E-state index < -0.39 is 0 Å². The number of benzene rings is 1. The molecule has 3 amide bonds. The quantitative estimate of drug-likeness (QED) is 0.863. The second-order valence-electron chi connectivity index (χ2n) is 5.61. The van der Waals surface area contributed by atoms with Crippen LogP contribution in [0.15, 0.2) is 18.2 Å². The first-order valence-electron chi connectivity index (χ1n) is 7.78. The molecule has 0 unspecified atom stereocenters. The molecule has 2 N–H and O–H groups in total. The van der Waals surface area contributed by atoms with E-state index >= 15 is 0 Å². The lowest BCUT2D eigenvalue weighted by Gasteiger charge is -2.18. The minimum atomic E-state index is -0.155. The molecule has 24 heavy (non-hydrogen) atoms. The van der Waals surface area contributed by atoms with E-state index in [4.69, 9.17) is 0 Å². The van der Waals surface area contributed by atoms with E-state index in [1.807, 2.05) is 19.9 Å². The van der Waals surface area contributed by atoms with Crippen LogP contribution in [0, 0.1) is 13.8 Å². The first kappa shape index (κ1) is 16.4. The number of anilines is 1. The third-order valence-electron chi connectivity index (χ3n) is 3.81. The van der Waals surface area contributed by atoms with Crippen LogP contribution in [0.5, 0.6) is 0 Å². The van der Waals surface area contributed by atoms with Crippen molar-refractivity contribution in [3.05, 3.63) is 39.3 Å². The van der Waals surface area contributed by atoms with Gasteiger partial charge in [-0.3, -0.25) is 9.69 Å². The normalized spacial score (nSPS) is 13.9. The van der Waals surface area contributed by atoms with E-state index in [2.05, 4.69) is 20.8 Å². The number of hydrogen-bond acceptors (Lipinski definition) is 5. The fourth-order valence-corrected chi connectivity index (χ4v) is 3.27. The maximum absolute atomic E-state index is 12.3. The Bertz CT molecular complexity index is 774. The van der Waals surface area contributed by atoms with Crippen LogP contribution in [0.3, 0.4) is 0 Å². The molecule has 1 aliphatic heterocycles. The number of nitrogens with zero attached hydrogens (tertiary/aromatic N) is 3. The van der Waals surface area contributed by atoms with Crippen LogP contribution in [-0.4, -0.2) is 41.8 Å². The summed E-state index contributed by atoms with van der Waals surface area (Å²) in [4.78, 5) is 25.8. The number of nitrogens with one attached hydrogen (secondary N) is 2. The molecule has 1 aromatic carbocycles. The second-order valence-corrected chi connectivity index (χ2v) is 6.87. The van der Waals surface area contributed by atoms with E-state index in [1.54, 1.807) is 17.0 Å². The average molecular weight is 345 g/mol. The highest BCUT2D eigenvalue weighted by atomic mass is 32.1. The molecule has 1 aliphatic rings. The van der Waals surface area contributed by atoms with Crippen molar-refractivity contribution in [2.45, 2.75) is 20.3 Å². The number of aryl methyl sites for hydroxylation is 2. The molecule has 0 saturated carbocycles. The molecule has 1 aromatic heterocycles. The van der Waals surface area contributed by atoms with Crippen molar-refractivity contribution in [3.8, 4) is 0 Å². The molecule has 0 bridgehead atoms. The molecular weight excluding hydrogens is 326 g/mol. The van der Waals surface area contributed by atoms with E-state index in [0.29, 0.717) is 31.6 Å². The fraction of sp³-hybridized carbons (Fsp3) is 0.375. The Hall–Kier alpha value is -2.48. The minimum absolute atomic E-state index is 0.123. The smallest absolute Gasteiger partial charge is 0.322 e. The average Bonchev–Trinajstić information content (AvgIpc) is 3.16. The van der Waals surface area contributed by atoms with Gasteiger partial charge in [0.15, 0.2) is 0 Å². The molecule has 2 aromatic rings. The molecular formula is C16H19N5O2S. The number of hydrogen-bond donors (Lipinski definition) is 2. The Morgan fingerprint density at radius 3 is 2.88 bits per heavy atom. The van der Waals surface area contributed by atoms with Gasteiger partial charge < -0.3 is 10.6 Å². The van der Waals surface area contributed by atoms with Gasteiger partial charge in [0.25, 0.3) is 5.91 Å². The van der Waals surface area contributed by atoms with Crippen molar-refractivity contribution in [2.75, 3.05) is 24.5 Å². The monoisotopic (exact) mass is 345 g/mol. The topological polar surface area (TPSA) is 87.2 Å². The summed E-state index contributed by atoms with van der Waals surface area (Å²) >= 11 is 1.53. The molecule has 126 valence electrons. The first-order valence-corrected chi connectivity index (χ1v) is 8.59. The number of urea groups is 1. The lowest BCUT2D eigenvalue weighted by Crippen LogP contribution is -2.29. The van der Waals surface area contributed by atoms with Gasteiger partial charge in [-0.25, -0.2) is 4.79 Å². The number of rotatable bonds is 5. The first-order chi connectivity index (χ1) is 11.5. The zero-order valence-electron chi connectivity index (χ0n) is 13.6. The zero-order chi connectivity index (χ0) is 17.1. The number of amides is 3. The van der Waals surface area contributed by atoms with E-state index in [9.17, 15) is 9.59 Å². The summed E-state index contributed by atoms with van der Waals surface area (Å²) in [6.07, 6.45) is 0.657. The number of carbonyl (C=O) groups is 2. The molecule has 3 rings (SSSR count). The third kappa shape index (κ3) is 3.53. The SMILES string of the molecule is Cc1nnc(CCNC(=O)c2ccc(C)c(N3CCNC3=O)c2)s1. The predicted octanol–water partition coefficient (Wildman–Crippen LogP) is 1.66. The van der Waals surface area contributed by atoms with Gasteiger partial charge in [0.05, 0.1) is 0 Å². The van der Waals surface area contributed by atoms with Gasteiger partial charge in [-0.1, -0.05) is 6.07 Å². The van der Waals surface area contributed by atoms with E-state index in [-0.39, 0.29) is 11.9 Å². The van der Waals surface area contributed by atoms with Crippen LogP contribution in [0.1, 0.15) is 25.9 Å². The molecule has 8 heteroatoms. The van der Waals surface area contributed by atoms with Gasteiger partial charge in [0, 0.05) is 37.3 Å². The Morgan fingerprint density at radius 1 is 1.38 bits per heavy atom. The fourth-order valence-electron chi connectivity index (χ4n) is 2.57. The zero-order valence-corrected chi connectivity index (χ0v) is 14.4. The third-order valence-corrected chi connectivity index (χ3v) is 4.71. The predicted molar refractivity (Wildman–Crippen MR) is 92.6 cm³/mol. The van der Waals surface area contributed by atoms with Crippen LogP contribution >= 0.6 is 11.3 Å². The Morgan fingerprint density at radius 2 is 2.21 bits per heavy atom. The lowest BCUT2D eigenvalue weighted by molar-refractivity contribution is 0.0954. The van der Waals surface area contributed by atoms with Gasteiger partial charge in [-0.2, -0.15) is 0 Å². The van der Waals surface area contributed by atoms with Gasteiger partial charge in [-0.15, -0.1) is 21.5 Å². The summed E-state index contributed by atoms with van der Waals surface area (Å²) < 4.78 is 0. The molecule has 1 fully saturated rings. The van der Waals surface area contributed by atoms with Crippen LogP contribution in [0.2, 0.25) is 0 Å². The van der Waals surface area contributed by atoms with Crippen LogP contribution in [-0.2, 0) is 6.42 Å². The Kier molecular flexibility index (Phi) is 4.75. The Balaban J connectivity index is 1.65. The van der Waals surface area contributed by atoms with Crippen molar-refractivity contribution in [2.24, 2.45) is 0 Å². The molecule has 2 heterocycles. The van der Waals surface area contributed by atoms with Crippen molar-refractivity contribution in [1.29, 1.82) is 0 Å². The molecule has 1 saturated heterocycles. The number of aromatic nitrogens is 2. The van der Waals surface area contributed by atoms with Crippen molar-refractivity contribution >= 4 is 29.0 Å². The molecule has 0 spiro atoms. The molecule has 7 nitrogen and oxygen atoms in total. The van der Waals surface area contributed by atoms with Crippen molar-refractivity contribution < 1.29 is 9.59 Å². The lowest BCUT2D eigenvalue weighted by atomic mass is 10.1. The summed E-state index contributed by atoms with van der Waals surface area (Å²) in [5.41, 5.74) is 2.29. The van der Waals surface area contributed by atoms with Gasteiger partial charge in [0.1, 0.15) is 10.0 Å². The maximum atomic E-state index is 12.3. The summed E-state index contributed by atoms with van der Waals surface area (Å²) in [5.74, 6) is -0.155. The summed E-state index contributed by atoms with van der Waals surface area (Å²) in [6.45, 7) is 5.57. The largest absolute Gasteiger partial charge is 0.352 e. The summed E-state index contributed by atoms with van der Waals surface area (Å²) in [5, 5.41) is 15.5. The molecule has 0 atom stereocenters. The van der Waals surface area contributed by atoms with E-state index in [1.165, 1.54) is 11.3 Å². The van der Waals surface area contributed by atoms with E-state index in [0.717, 1.165) is 21.3 Å². The molecule has 0 aliphatic carbocycles. The highest BCUT2D eigenvalue weighted by Crippen LogP contribution is 2.23. The summed E-state index contributed by atoms with van der Waals surface area (Å²) in [7, 11) is 0. The minimum Gasteiger partial charge on any atom is -0.352 e. The summed E-state index contributed by atoms with van der Waals surface area (Å²) in [6, 6.07) is 5.29. The van der Waals surface area contributed by atoms with Crippen molar-refractivity contribution in [3.63, 3.8) is 0 Å². The van der Waals surface area contributed by atoms with Crippen LogP contribution in [0.25, 0.3) is 0 Å². The van der Waals surface area contributed by atoms with Gasteiger partial charge in [0.2, 0.25) is 0 Å². The molecule has 0 radical (unpaired) electrons. The van der Waals surface area contributed by atoms with Crippen LogP contribution < -0.4 is 15.5 Å².